The van der Waals surface area contributed by atoms with Gasteiger partial charge in [-0.1, -0.05) is 18.2 Å². The topological polar surface area (TPSA) is 38.0 Å². The van der Waals surface area contributed by atoms with Gasteiger partial charge in [-0.3, -0.25) is 0 Å². The molecule has 0 spiro atoms. The molecule has 0 unspecified atom stereocenters. The summed E-state index contributed by atoms with van der Waals surface area (Å²) in [6, 6.07) is 7.34. The summed E-state index contributed by atoms with van der Waals surface area (Å²) in [6.07, 6.45) is 4.66. The second-order valence-corrected chi connectivity index (χ2v) is 5.00. The monoisotopic (exact) mass is 236 g/mol. The maximum absolute atomic E-state index is 13.3. The second kappa shape index (κ2) is 6.12. The minimum atomic E-state index is -0.120. The minimum Gasteiger partial charge on any atom is -0.328 e. The van der Waals surface area contributed by atoms with Crippen LogP contribution in [0.1, 0.15) is 31.2 Å². The molecular formula is C14H21FN2. The van der Waals surface area contributed by atoms with E-state index in [1.165, 1.54) is 18.9 Å². The molecule has 0 heterocycles. The largest absolute Gasteiger partial charge is 0.328 e. The van der Waals surface area contributed by atoms with Crippen molar-refractivity contribution in [2.24, 2.45) is 11.7 Å². The van der Waals surface area contributed by atoms with E-state index in [9.17, 15) is 4.39 Å². The number of nitrogens with two attached hydrogens (primary N) is 1. The zero-order valence-electron chi connectivity index (χ0n) is 10.2. The van der Waals surface area contributed by atoms with Crippen molar-refractivity contribution >= 4 is 0 Å². The summed E-state index contributed by atoms with van der Waals surface area (Å²) >= 11 is 0. The third-order valence-electron chi connectivity index (χ3n) is 3.60. The highest BCUT2D eigenvalue weighted by Crippen LogP contribution is 2.22. The Morgan fingerprint density at radius 2 is 1.88 bits per heavy atom. The van der Waals surface area contributed by atoms with Gasteiger partial charge < -0.3 is 11.1 Å². The summed E-state index contributed by atoms with van der Waals surface area (Å²) in [4.78, 5) is 0. The Morgan fingerprint density at radius 3 is 2.59 bits per heavy atom. The van der Waals surface area contributed by atoms with Crippen molar-refractivity contribution in [1.82, 2.24) is 5.32 Å². The van der Waals surface area contributed by atoms with Gasteiger partial charge in [0, 0.05) is 18.2 Å². The molecule has 0 radical (unpaired) electrons. The Labute approximate surface area is 102 Å². The number of hydrogen-bond acceptors (Lipinski definition) is 2. The van der Waals surface area contributed by atoms with E-state index in [0.717, 1.165) is 24.9 Å². The Balaban J connectivity index is 1.71. The number of benzene rings is 1. The van der Waals surface area contributed by atoms with E-state index in [-0.39, 0.29) is 5.82 Å². The first-order valence-electron chi connectivity index (χ1n) is 6.45. The maximum atomic E-state index is 13.3. The van der Waals surface area contributed by atoms with Crippen molar-refractivity contribution in [3.05, 3.63) is 35.6 Å². The van der Waals surface area contributed by atoms with E-state index < -0.39 is 0 Å². The Morgan fingerprint density at radius 1 is 1.18 bits per heavy atom. The van der Waals surface area contributed by atoms with Gasteiger partial charge in [-0.2, -0.15) is 0 Å². The lowest BCUT2D eigenvalue weighted by Crippen LogP contribution is -2.31. The smallest absolute Gasteiger partial charge is 0.127 e. The fourth-order valence-electron chi connectivity index (χ4n) is 2.45. The molecule has 0 bridgehead atoms. The van der Waals surface area contributed by atoms with Crippen LogP contribution in [0.5, 0.6) is 0 Å². The first-order chi connectivity index (χ1) is 8.25. The zero-order valence-corrected chi connectivity index (χ0v) is 10.2. The van der Waals surface area contributed by atoms with Crippen molar-refractivity contribution in [3.8, 4) is 0 Å². The molecule has 0 aliphatic heterocycles. The molecule has 1 saturated carbocycles. The lowest BCUT2D eigenvalue weighted by atomic mass is 9.86. The van der Waals surface area contributed by atoms with Gasteiger partial charge in [-0.05, 0) is 44.2 Å². The van der Waals surface area contributed by atoms with Gasteiger partial charge in [-0.25, -0.2) is 4.39 Å². The molecule has 17 heavy (non-hydrogen) atoms. The van der Waals surface area contributed by atoms with Gasteiger partial charge in [0.15, 0.2) is 0 Å². The van der Waals surface area contributed by atoms with Crippen molar-refractivity contribution in [1.29, 1.82) is 0 Å². The fourth-order valence-corrected chi connectivity index (χ4v) is 2.45. The summed E-state index contributed by atoms with van der Waals surface area (Å²) in [5, 5.41) is 3.35. The average molecular weight is 236 g/mol. The van der Waals surface area contributed by atoms with Crippen LogP contribution in [-0.2, 0) is 6.54 Å². The van der Waals surface area contributed by atoms with Crippen molar-refractivity contribution in [2.75, 3.05) is 6.54 Å². The Hall–Kier alpha value is -0.930. The fraction of sp³-hybridized carbons (Fsp3) is 0.571. The second-order valence-electron chi connectivity index (χ2n) is 5.00. The number of nitrogens with one attached hydrogen (secondary N) is 1. The van der Waals surface area contributed by atoms with Crippen LogP contribution in [0.2, 0.25) is 0 Å². The van der Waals surface area contributed by atoms with Crippen molar-refractivity contribution in [3.63, 3.8) is 0 Å². The highest BCUT2D eigenvalue weighted by Gasteiger charge is 2.17. The molecule has 2 rings (SSSR count). The standard InChI is InChI=1S/C14H21FN2/c15-14-4-2-1-3-12(14)10-17-9-11-5-7-13(16)8-6-11/h1-4,11,13,17H,5-10,16H2. The van der Waals surface area contributed by atoms with E-state index in [1.54, 1.807) is 6.07 Å². The average Bonchev–Trinajstić information content (AvgIpc) is 2.34. The van der Waals surface area contributed by atoms with Gasteiger partial charge in [0.1, 0.15) is 5.82 Å². The van der Waals surface area contributed by atoms with Gasteiger partial charge in [-0.15, -0.1) is 0 Å². The van der Waals surface area contributed by atoms with Crippen molar-refractivity contribution < 1.29 is 4.39 Å². The predicted molar refractivity (Wildman–Crippen MR) is 68.0 cm³/mol. The molecule has 1 fully saturated rings. The van der Waals surface area contributed by atoms with Crippen LogP contribution in [0, 0.1) is 11.7 Å². The molecular weight excluding hydrogens is 215 g/mol. The molecule has 0 saturated heterocycles. The molecule has 0 amide bonds. The van der Waals surface area contributed by atoms with Crippen LogP contribution >= 0.6 is 0 Å². The quantitative estimate of drug-likeness (QED) is 0.842. The van der Waals surface area contributed by atoms with Gasteiger partial charge >= 0.3 is 0 Å². The highest BCUT2D eigenvalue weighted by molar-refractivity contribution is 5.16. The molecule has 2 nitrogen and oxygen atoms in total. The third kappa shape index (κ3) is 3.79. The number of halogens is 1. The molecule has 3 heteroatoms. The van der Waals surface area contributed by atoms with Gasteiger partial charge in [0.05, 0.1) is 0 Å². The summed E-state index contributed by atoms with van der Waals surface area (Å²) in [5.74, 6) is 0.590. The molecule has 1 aromatic carbocycles. The summed E-state index contributed by atoms with van der Waals surface area (Å²) in [5.41, 5.74) is 6.62. The van der Waals surface area contributed by atoms with E-state index in [1.807, 2.05) is 12.1 Å². The SMILES string of the molecule is NC1CCC(CNCc2ccccc2F)CC1. The molecule has 3 N–H and O–H groups in total. The van der Waals surface area contributed by atoms with Crippen LogP contribution in [0.3, 0.4) is 0 Å². The first-order valence-corrected chi connectivity index (χ1v) is 6.45. The van der Waals surface area contributed by atoms with Crippen LogP contribution in [-0.4, -0.2) is 12.6 Å². The number of rotatable bonds is 4. The van der Waals surface area contributed by atoms with Crippen LogP contribution in [0.4, 0.5) is 4.39 Å². The first kappa shape index (κ1) is 12.5. The van der Waals surface area contributed by atoms with Crippen LogP contribution in [0.15, 0.2) is 24.3 Å². The molecule has 94 valence electrons. The van der Waals surface area contributed by atoms with E-state index in [4.69, 9.17) is 5.73 Å². The van der Waals surface area contributed by atoms with E-state index >= 15 is 0 Å². The molecule has 0 atom stereocenters. The summed E-state index contributed by atoms with van der Waals surface area (Å²) < 4.78 is 13.3. The molecule has 1 aliphatic carbocycles. The number of hydrogen-bond donors (Lipinski definition) is 2. The van der Waals surface area contributed by atoms with Gasteiger partial charge in [0.2, 0.25) is 0 Å². The summed E-state index contributed by atoms with van der Waals surface area (Å²) in [7, 11) is 0. The minimum absolute atomic E-state index is 0.120. The van der Waals surface area contributed by atoms with Gasteiger partial charge in [0.25, 0.3) is 0 Å². The molecule has 1 aliphatic rings. The predicted octanol–water partition coefficient (Wildman–Crippen LogP) is 2.43. The summed E-state index contributed by atoms with van der Waals surface area (Å²) in [6.45, 7) is 1.59. The third-order valence-corrected chi connectivity index (χ3v) is 3.60. The van der Waals surface area contributed by atoms with E-state index in [0.29, 0.717) is 18.5 Å². The maximum Gasteiger partial charge on any atom is 0.127 e. The highest BCUT2D eigenvalue weighted by atomic mass is 19.1. The lowest BCUT2D eigenvalue weighted by molar-refractivity contribution is 0.314. The normalized spacial score (nSPS) is 24.8. The van der Waals surface area contributed by atoms with Crippen molar-refractivity contribution in [2.45, 2.75) is 38.3 Å². The molecule has 1 aromatic rings. The van der Waals surface area contributed by atoms with Crippen LogP contribution in [0.25, 0.3) is 0 Å². The Bertz CT molecular complexity index is 346. The lowest BCUT2D eigenvalue weighted by Gasteiger charge is -2.26. The van der Waals surface area contributed by atoms with Crippen LogP contribution < -0.4 is 11.1 Å². The van der Waals surface area contributed by atoms with E-state index in [2.05, 4.69) is 5.32 Å². The molecule has 0 aromatic heterocycles. The Kier molecular flexibility index (Phi) is 4.51. The zero-order chi connectivity index (χ0) is 12.1.